The van der Waals surface area contributed by atoms with E-state index in [1.54, 1.807) is 18.9 Å². The van der Waals surface area contributed by atoms with Gasteiger partial charge in [-0.05, 0) is 38.5 Å². The highest BCUT2D eigenvalue weighted by atomic mass is 32.2. The predicted molar refractivity (Wildman–Crippen MR) is 96.2 cm³/mol. The molecule has 122 valence electrons. The minimum Gasteiger partial charge on any atom is -0.496 e. The summed E-state index contributed by atoms with van der Waals surface area (Å²) >= 11 is 1.56. The lowest BCUT2D eigenvalue weighted by molar-refractivity contribution is -0.119. The topological polar surface area (TPSA) is 38.3 Å². The Morgan fingerprint density at radius 2 is 1.96 bits per heavy atom. The highest BCUT2D eigenvalue weighted by molar-refractivity contribution is 8.00. The summed E-state index contributed by atoms with van der Waals surface area (Å²) in [4.78, 5) is 13.4. The van der Waals surface area contributed by atoms with Crippen molar-refractivity contribution in [2.24, 2.45) is 0 Å². The zero-order valence-corrected chi connectivity index (χ0v) is 14.9. The smallest absolute Gasteiger partial charge is 0.230 e. The Morgan fingerprint density at radius 1 is 1.22 bits per heavy atom. The molecule has 2 rings (SSSR count). The fourth-order valence-corrected chi connectivity index (χ4v) is 3.26. The van der Waals surface area contributed by atoms with Gasteiger partial charge in [0.05, 0.1) is 18.9 Å². The number of carbonyl (C=O) groups is 1. The van der Waals surface area contributed by atoms with Crippen molar-refractivity contribution in [1.29, 1.82) is 0 Å². The number of carbonyl (C=O) groups excluding carboxylic acids is 1. The Hall–Kier alpha value is -1.94. The molecule has 0 fully saturated rings. The van der Waals surface area contributed by atoms with E-state index in [0.717, 1.165) is 21.8 Å². The highest BCUT2D eigenvalue weighted by Crippen LogP contribution is 2.26. The maximum absolute atomic E-state index is 12.2. The minimum atomic E-state index is -0.0881. The third-order valence-corrected chi connectivity index (χ3v) is 4.86. The van der Waals surface area contributed by atoms with E-state index in [1.165, 1.54) is 5.56 Å². The predicted octanol–water partition coefficient (Wildman–Crippen LogP) is 4.28. The summed E-state index contributed by atoms with van der Waals surface area (Å²) in [6, 6.07) is 14.0. The van der Waals surface area contributed by atoms with Crippen LogP contribution in [0.2, 0.25) is 0 Å². The second-order valence-corrected chi connectivity index (χ2v) is 6.61. The summed E-state index contributed by atoms with van der Waals surface area (Å²) < 4.78 is 5.39. The molecule has 0 saturated carbocycles. The van der Waals surface area contributed by atoms with E-state index >= 15 is 0 Å². The summed E-state index contributed by atoms with van der Waals surface area (Å²) in [6.07, 6.45) is 0. The molecule has 2 aromatic rings. The van der Waals surface area contributed by atoms with Gasteiger partial charge in [-0.3, -0.25) is 4.79 Å². The van der Waals surface area contributed by atoms with E-state index in [1.807, 2.05) is 44.2 Å². The third kappa shape index (κ3) is 4.76. The average molecular weight is 329 g/mol. The Bertz CT molecular complexity index is 685. The first kappa shape index (κ1) is 17.4. The lowest BCUT2D eigenvalue weighted by Gasteiger charge is -2.18. The number of aryl methyl sites for hydroxylation is 2. The van der Waals surface area contributed by atoms with Gasteiger partial charge in [-0.15, -0.1) is 11.8 Å². The first-order valence-corrected chi connectivity index (χ1v) is 8.62. The molecule has 0 unspecified atom stereocenters. The first-order valence-electron chi connectivity index (χ1n) is 7.63. The van der Waals surface area contributed by atoms with Crippen LogP contribution < -0.4 is 10.1 Å². The van der Waals surface area contributed by atoms with Gasteiger partial charge in [0.15, 0.2) is 0 Å². The van der Waals surface area contributed by atoms with Crippen LogP contribution >= 0.6 is 11.8 Å². The van der Waals surface area contributed by atoms with E-state index in [-0.39, 0.29) is 11.9 Å². The molecule has 4 heteroatoms. The minimum absolute atomic E-state index is 0.0225. The van der Waals surface area contributed by atoms with Crippen LogP contribution in [0.5, 0.6) is 5.75 Å². The van der Waals surface area contributed by atoms with E-state index < -0.39 is 0 Å². The summed E-state index contributed by atoms with van der Waals surface area (Å²) in [5.74, 6) is 1.23. The average Bonchev–Trinajstić information content (AvgIpc) is 2.54. The fourth-order valence-electron chi connectivity index (χ4n) is 2.41. The first-order chi connectivity index (χ1) is 11.0. The van der Waals surface area contributed by atoms with Crippen molar-refractivity contribution in [3.05, 3.63) is 59.2 Å². The van der Waals surface area contributed by atoms with Gasteiger partial charge in [-0.25, -0.2) is 0 Å². The molecule has 0 aliphatic heterocycles. The number of hydrogen-bond donors (Lipinski definition) is 1. The molecule has 1 atom stereocenters. The molecule has 0 bridgehead atoms. The number of nitrogens with one attached hydrogen (secondary N) is 1. The van der Waals surface area contributed by atoms with Crippen LogP contribution in [0.3, 0.4) is 0 Å². The van der Waals surface area contributed by atoms with Crippen molar-refractivity contribution in [3.63, 3.8) is 0 Å². The zero-order valence-electron chi connectivity index (χ0n) is 14.1. The molecule has 1 N–H and O–H groups in total. The lowest BCUT2D eigenvalue weighted by atomic mass is 10.0. The van der Waals surface area contributed by atoms with Crippen LogP contribution in [0, 0.1) is 13.8 Å². The second kappa shape index (κ2) is 8.06. The van der Waals surface area contributed by atoms with E-state index in [9.17, 15) is 4.79 Å². The number of ether oxygens (including phenoxy) is 1. The molecule has 0 aliphatic carbocycles. The largest absolute Gasteiger partial charge is 0.496 e. The summed E-state index contributed by atoms with van der Waals surface area (Å²) in [5.41, 5.74) is 3.34. The maximum Gasteiger partial charge on any atom is 0.230 e. The van der Waals surface area contributed by atoms with E-state index in [4.69, 9.17) is 4.74 Å². The van der Waals surface area contributed by atoms with Crippen LogP contribution in [0.25, 0.3) is 0 Å². The molecule has 3 nitrogen and oxygen atoms in total. The van der Waals surface area contributed by atoms with Crippen molar-refractivity contribution < 1.29 is 9.53 Å². The van der Waals surface area contributed by atoms with Gasteiger partial charge in [0.1, 0.15) is 5.75 Å². The molecule has 1 amide bonds. The fraction of sp³-hybridized carbons (Fsp3) is 0.316. The molecule has 0 saturated heterocycles. The Kier molecular flexibility index (Phi) is 6.11. The molecule has 2 aromatic carbocycles. The molecule has 0 heterocycles. The van der Waals surface area contributed by atoms with Crippen molar-refractivity contribution in [1.82, 2.24) is 5.32 Å². The monoisotopic (exact) mass is 329 g/mol. The number of benzene rings is 2. The van der Waals surface area contributed by atoms with Gasteiger partial charge in [-0.2, -0.15) is 0 Å². The van der Waals surface area contributed by atoms with Crippen LogP contribution in [-0.4, -0.2) is 18.8 Å². The number of hydrogen-bond acceptors (Lipinski definition) is 3. The zero-order chi connectivity index (χ0) is 16.8. The molecular weight excluding hydrogens is 306 g/mol. The summed E-state index contributed by atoms with van der Waals surface area (Å²) in [6.45, 7) is 6.07. The molecule has 0 aromatic heterocycles. The molecule has 0 aliphatic rings. The van der Waals surface area contributed by atoms with Gasteiger partial charge in [-0.1, -0.05) is 35.9 Å². The van der Waals surface area contributed by atoms with E-state index in [0.29, 0.717) is 5.75 Å². The van der Waals surface area contributed by atoms with Crippen molar-refractivity contribution >= 4 is 17.7 Å². The summed E-state index contributed by atoms with van der Waals surface area (Å²) in [7, 11) is 1.65. The number of rotatable bonds is 6. The van der Waals surface area contributed by atoms with Crippen molar-refractivity contribution in [2.75, 3.05) is 12.9 Å². The molecule has 23 heavy (non-hydrogen) atoms. The van der Waals surface area contributed by atoms with Crippen molar-refractivity contribution in [3.8, 4) is 5.75 Å². The maximum atomic E-state index is 12.2. The standard InChI is InChI=1S/C19H23NO2S/c1-13-9-10-17(22-4)16(11-13)15(3)20-19(21)12-23-18-8-6-5-7-14(18)2/h5-11,15H,12H2,1-4H3,(H,20,21)/t15-/m1/s1. The van der Waals surface area contributed by atoms with Gasteiger partial charge in [0.2, 0.25) is 5.91 Å². The Morgan fingerprint density at radius 3 is 2.65 bits per heavy atom. The van der Waals surface area contributed by atoms with Gasteiger partial charge < -0.3 is 10.1 Å². The van der Waals surface area contributed by atoms with Crippen LogP contribution in [0.15, 0.2) is 47.4 Å². The van der Waals surface area contributed by atoms with Gasteiger partial charge >= 0.3 is 0 Å². The van der Waals surface area contributed by atoms with Crippen molar-refractivity contribution in [2.45, 2.75) is 31.7 Å². The van der Waals surface area contributed by atoms with E-state index in [2.05, 4.69) is 24.4 Å². The van der Waals surface area contributed by atoms with Gasteiger partial charge in [0.25, 0.3) is 0 Å². The SMILES string of the molecule is COc1ccc(C)cc1[C@@H](C)NC(=O)CSc1ccccc1C. The highest BCUT2D eigenvalue weighted by Gasteiger charge is 2.14. The normalized spacial score (nSPS) is 11.8. The Balaban J connectivity index is 1.97. The van der Waals surface area contributed by atoms with Crippen LogP contribution in [-0.2, 0) is 4.79 Å². The molecule has 0 spiro atoms. The number of thioether (sulfide) groups is 1. The quantitative estimate of drug-likeness (QED) is 0.804. The number of methoxy groups -OCH3 is 1. The summed E-state index contributed by atoms with van der Waals surface area (Å²) in [5, 5.41) is 3.05. The molecule has 0 radical (unpaired) electrons. The second-order valence-electron chi connectivity index (χ2n) is 5.59. The molecular formula is C19H23NO2S. The van der Waals surface area contributed by atoms with Crippen LogP contribution in [0.1, 0.15) is 29.7 Å². The number of amides is 1. The lowest BCUT2D eigenvalue weighted by Crippen LogP contribution is -2.28. The van der Waals surface area contributed by atoms with Gasteiger partial charge in [0, 0.05) is 10.5 Å². The Labute approximate surface area is 142 Å². The third-order valence-electron chi connectivity index (χ3n) is 3.68. The van der Waals surface area contributed by atoms with Crippen LogP contribution in [0.4, 0.5) is 0 Å².